The fourth-order valence-corrected chi connectivity index (χ4v) is 1.30. The first-order valence-electron chi connectivity index (χ1n) is 5.44. The molecule has 4 heteroatoms. The van der Waals surface area contributed by atoms with Gasteiger partial charge in [0.25, 0.3) is 0 Å². The van der Waals surface area contributed by atoms with Crippen molar-refractivity contribution < 1.29 is 9.18 Å². The van der Waals surface area contributed by atoms with Gasteiger partial charge in [0.1, 0.15) is 5.82 Å². The molecule has 16 heavy (non-hydrogen) atoms. The van der Waals surface area contributed by atoms with Crippen LogP contribution in [0.15, 0.2) is 24.3 Å². The lowest BCUT2D eigenvalue weighted by molar-refractivity contribution is -0.120. The summed E-state index contributed by atoms with van der Waals surface area (Å²) in [6.45, 7) is 3.66. The number of halogens is 1. The lowest BCUT2D eigenvalue weighted by Crippen LogP contribution is -2.34. The molecule has 0 aliphatic carbocycles. The summed E-state index contributed by atoms with van der Waals surface area (Å²) in [5.41, 5.74) is 1.02. The summed E-state index contributed by atoms with van der Waals surface area (Å²) in [5, 5.41) is 5.73. The summed E-state index contributed by atoms with van der Waals surface area (Å²) in [4.78, 5) is 11.2. The van der Waals surface area contributed by atoms with Crippen molar-refractivity contribution >= 4 is 5.91 Å². The number of amides is 1. The zero-order valence-corrected chi connectivity index (χ0v) is 9.42. The first kappa shape index (κ1) is 12.6. The van der Waals surface area contributed by atoms with Crippen LogP contribution in [-0.4, -0.2) is 25.5 Å². The first-order valence-corrected chi connectivity index (χ1v) is 5.44. The molecule has 0 aliphatic heterocycles. The number of carbonyl (C=O) groups excluding carboxylic acids is 1. The van der Waals surface area contributed by atoms with Crippen molar-refractivity contribution in [2.45, 2.75) is 13.3 Å². The largest absolute Gasteiger partial charge is 0.355 e. The maximum Gasteiger partial charge on any atom is 0.233 e. The van der Waals surface area contributed by atoms with Gasteiger partial charge in [0.2, 0.25) is 5.91 Å². The lowest BCUT2D eigenvalue weighted by atomic mass is 10.1. The number of rotatable bonds is 6. The van der Waals surface area contributed by atoms with Crippen molar-refractivity contribution in [1.29, 1.82) is 0 Å². The van der Waals surface area contributed by atoms with E-state index >= 15 is 0 Å². The molecule has 0 aromatic heterocycles. The molecule has 1 amide bonds. The summed E-state index contributed by atoms with van der Waals surface area (Å²) >= 11 is 0. The Morgan fingerprint density at radius 2 is 2.00 bits per heavy atom. The normalized spacial score (nSPS) is 10.1. The second kappa shape index (κ2) is 6.95. The van der Waals surface area contributed by atoms with Crippen LogP contribution in [0.25, 0.3) is 0 Å². The molecule has 1 aromatic rings. The number of likely N-dealkylation sites (N-methyl/N-ethyl adjacent to an activating group) is 1. The van der Waals surface area contributed by atoms with Crippen molar-refractivity contribution in [2.24, 2.45) is 0 Å². The number of hydrogen-bond acceptors (Lipinski definition) is 2. The van der Waals surface area contributed by atoms with Gasteiger partial charge in [0, 0.05) is 6.54 Å². The highest BCUT2D eigenvalue weighted by molar-refractivity contribution is 5.77. The van der Waals surface area contributed by atoms with Crippen molar-refractivity contribution in [2.75, 3.05) is 19.6 Å². The van der Waals surface area contributed by atoms with Crippen LogP contribution in [0.1, 0.15) is 12.5 Å². The Morgan fingerprint density at radius 3 is 2.62 bits per heavy atom. The summed E-state index contributed by atoms with van der Waals surface area (Å²) in [6.07, 6.45) is 0.720. The standard InChI is InChI=1S/C12H17FN2O/c1-2-14-9-12(16)15-8-7-10-3-5-11(13)6-4-10/h3-6,14H,2,7-9H2,1H3,(H,15,16). The second-order valence-electron chi connectivity index (χ2n) is 3.51. The van der Waals surface area contributed by atoms with Crippen LogP contribution in [0.4, 0.5) is 4.39 Å². The van der Waals surface area contributed by atoms with E-state index in [1.54, 1.807) is 12.1 Å². The number of carbonyl (C=O) groups is 1. The third-order valence-corrected chi connectivity index (χ3v) is 2.18. The van der Waals surface area contributed by atoms with Gasteiger partial charge in [-0.1, -0.05) is 19.1 Å². The minimum absolute atomic E-state index is 0.0102. The molecule has 0 radical (unpaired) electrons. The van der Waals surface area contributed by atoms with Gasteiger partial charge in [-0.25, -0.2) is 4.39 Å². The van der Waals surface area contributed by atoms with E-state index in [0.29, 0.717) is 13.1 Å². The van der Waals surface area contributed by atoms with Crippen LogP contribution < -0.4 is 10.6 Å². The number of hydrogen-bond donors (Lipinski definition) is 2. The summed E-state index contributed by atoms with van der Waals surface area (Å²) in [6, 6.07) is 6.31. The SMILES string of the molecule is CCNCC(=O)NCCc1ccc(F)cc1. The molecule has 0 saturated heterocycles. The van der Waals surface area contributed by atoms with Crippen LogP contribution in [0, 0.1) is 5.82 Å². The minimum Gasteiger partial charge on any atom is -0.355 e. The summed E-state index contributed by atoms with van der Waals surface area (Å²) in [7, 11) is 0. The minimum atomic E-state index is -0.236. The Hall–Kier alpha value is -1.42. The summed E-state index contributed by atoms with van der Waals surface area (Å²) < 4.78 is 12.6. The van der Waals surface area contributed by atoms with E-state index < -0.39 is 0 Å². The molecule has 0 heterocycles. The van der Waals surface area contributed by atoms with Gasteiger partial charge in [-0.2, -0.15) is 0 Å². The molecule has 0 bridgehead atoms. The van der Waals surface area contributed by atoms with Gasteiger partial charge in [-0.05, 0) is 30.7 Å². The molecule has 0 spiro atoms. The van der Waals surface area contributed by atoms with Crippen LogP contribution in [-0.2, 0) is 11.2 Å². The molecular weight excluding hydrogens is 207 g/mol. The molecule has 0 unspecified atom stereocenters. The Bertz CT molecular complexity index is 324. The Balaban J connectivity index is 2.20. The van der Waals surface area contributed by atoms with Crippen LogP contribution >= 0.6 is 0 Å². The van der Waals surface area contributed by atoms with Gasteiger partial charge in [-0.3, -0.25) is 4.79 Å². The number of nitrogens with one attached hydrogen (secondary N) is 2. The molecule has 1 rings (SSSR count). The van der Waals surface area contributed by atoms with E-state index in [0.717, 1.165) is 18.5 Å². The van der Waals surface area contributed by atoms with Gasteiger partial charge in [-0.15, -0.1) is 0 Å². The fourth-order valence-electron chi connectivity index (χ4n) is 1.30. The zero-order chi connectivity index (χ0) is 11.8. The van der Waals surface area contributed by atoms with E-state index in [2.05, 4.69) is 10.6 Å². The highest BCUT2D eigenvalue weighted by Crippen LogP contribution is 2.02. The van der Waals surface area contributed by atoms with Gasteiger partial charge in [0.05, 0.1) is 6.54 Å². The lowest BCUT2D eigenvalue weighted by Gasteiger charge is -2.05. The van der Waals surface area contributed by atoms with E-state index in [9.17, 15) is 9.18 Å². The van der Waals surface area contributed by atoms with Gasteiger partial charge >= 0.3 is 0 Å². The van der Waals surface area contributed by atoms with Crippen molar-refractivity contribution in [3.63, 3.8) is 0 Å². The van der Waals surface area contributed by atoms with E-state index in [4.69, 9.17) is 0 Å². The maximum absolute atomic E-state index is 12.6. The monoisotopic (exact) mass is 224 g/mol. The smallest absolute Gasteiger partial charge is 0.233 e. The quantitative estimate of drug-likeness (QED) is 0.759. The molecule has 0 aliphatic rings. The molecule has 0 saturated carbocycles. The molecular formula is C12H17FN2O. The van der Waals surface area contributed by atoms with Crippen molar-refractivity contribution in [3.05, 3.63) is 35.6 Å². The Labute approximate surface area is 95.0 Å². The van der Waals surface area contributed by atoms with Crippen LogP contribution in [0.3, 0.4) is 0 Å². The van der Waals surface area contributed by atoms with Crippen LogP contribution in [0.5, 0.6) is 0 Å². The zero-order valence-electron chi connectivity index (χ0n) is 9.42. The molecule has 1 aromatic carbocycles. The first-order chi connectivity index (χ1) is 7.72. The molecule has 88 valence electrons. The average molecular weight is 224 g/mol. The Morgan fingerprint density at radius 1 is 1.31 bits per heavy atom. The molecule has 0 atom stereocenters. The third-order valence-electron chi connectivity index (χ3n) is 2.18. The predicted octanol–water partition coefficient (Wildman–Crippen LogP) is 1.09. The average Bonchev–Trinajstić information content (AvgIpc) is 2.29. The maximum atomic E-state index is 12.6. The van der Waals surface area contributed by atoms with E-state index in [-0.39, 0.29) is 11.7 Å². The second-order valence-corrected chi connectivity index (χ2v) is 3.51. The number of benzene rings is 1. The highest BCUT2D eigenvalue weighted by atomic mass is 19.1. The molecule has 2 N–H and O–H groups in total. The highest BCUT2D eigenvalue weighted by Gasteiger charge is 1.99. The van der Waals surface area contributed by atoms with Crippen molar-refractivity contribution in [3.8, 4) is 0 Å². The molecule has 0 fully saturated rings. The van der Waals surface area contributed by atoms with Crippen LogP contribution in [0.2, 0.25) is 0 Å². The Kier molecular flexibility index (Phi) is 5.50. The van der Waals surface area contributed by atoms with Gasteiger partial charge < -0.3 is 10.6 Å². The van der Waals surface area contributed by atoms with Crippen molar-refractivity contribution in [1.82, 2.24) is 10.6 Å². The third kappa shape index (κ3) is 4.89. The van der Waals surface area contributed by atoms with E-state index in [1.165, 1.54) is 12.1 Å². The van der Waals surface area contributed by atoms with Gasteiger partial charge in [0.15, 0.2) is 0 Å². The van der Waals surface area contributed by atoms with E-state index in [1.807, 2.05) is 6.92 Å². The fraction of sp³-hybridized carbons (Fsp3) is 0.417. The topological polar surface area (TPSA) is 41.1 Å². The summed E-state index contributed by atoms with van der Waals surface area (Å²) in [5.74, 6) is -0.246. The molecule has 3 nitrogen and oxygen atoms in total. The predicted molar refractivity (Wildman–Crippen MR) is 61.7 cm³/mol.